The van der Waals surface area contributed by atoms with Crippen molar-refractivity contribution >= 4 is 38.4 Å². The Labute approximate surface area is 292 Å². The number of aromatic nitrogens is 2. The maximum Gasteiger partial charge on any atom is 0.180 e. The third kappa shape index (κ3) is 7.68. The molecular weight excluding hydrogens is 768 g/mol. The normalized spacial score (nSPS) is 12.6. The summed E-state index contributed by atoms with van der Waals surface area (Å²) in [6, 6.07) is 16.3. The number of hydrogen-bond acceptors (Lipinski definition) is 5. The SMILES string of the molecule is CCC(C)(CC)C(=O)/C=C(\O)C(C)(CC)CC.Cc1nc2c(C(C)(C)C)cc(-c3nccc4c3ccc3c(F)cccc34)[c-]c2o1.[Ir]. The number of halogens is 1. The van der Waals surface area contributed by atoms with E-state index in [0.717, 1.165) is 64.2 Å². The van der Waals surface area contributed by atoms with Crippen LogP contribution in [0.5, 0.6) is 0 Å². The molecule has 0 bridgehead atoms. The summed E-state index contributed by atoms with van der Waals surface area (Å²) in [5.41, 5.74) is 3.49. The Morgan fingerprint density at radius 2 is 1.49 bits per heavy atom. The predicted molar refractivity (Wildman–Crippen MR) is 188 cm³/mol. The Morgan fingerprint density at radius 3 is 2.09 bits per heavy atom. The fourth-order valence-electron chi connectivity index (χ4n) is 5.65. The van der Waals surface area contributed by atoms with Gasteiger partial charge >= 0.3 is 0 Å². The number of pyridine rings is 1. The summed E-state index contributed by atoms with van der Waals surface area (Å²) in [6.07, 6.45) is 6.52. The maximum atomic E-state index is 14.3. The second-order valence-electron chi connectivity index (χ2n) is 13.8. The van der Waals surface area contributed by atoms with E-state index in [1.807, 2.05) is 72.7 Å². The van der Waals surface area contributed by atoms with Crippen LogP contribution in [0.15, 0.2) is 64.9 Å². The van der Waals surface area contributed by atoms with Crippen LogP contribution in [0.3, 0.4) is 0 Å². The summed E-state index contributed by atoms with van der Waals surface area (Å²) in [5.74, 6) is 0.683. The zero-order chi connectivity index (χ0) is 34.0. The molecule has 47 heavy (non-hydrogen) atoms. The van der Waals surface area contributed by atoms with Gasteiger partial charge in [-0.1, -0.05) is 98.2 Å². The summed E-state index contributed by atoms with van der Waals surface area (Å²) in [7, 11) is 0. The predicted octanol–water partition coefficient (Wildman–Crippen LogP) is 11.4. The van der Waals surface area contributed by atoms with Crippen molar-refractivity contribution in [3.05, 3.63) is 83.8 Å². The van der Waals surface area contributed by atoms with Crippen LogP contribution in [0.1, 0.15) is 99.5 Å². The minimum atomic E-state index is -0.337. The van der Waals surface area contributed by atoms with Crippen molar-refractivity contribution in [3.8, 4) is 11.3 Å². The summed E-state index contributed by atoms with van der Waals surface area (Å²) < 4.78 is 20.1. The van der Waals surface area contributed by atoms with Gasteiger partial charge in [0.25, 0.3) is 0 Å². The van der Waals surface area contributed by atoms with Crippen LogP contribution < -0.4 is 0 Å². The van der Waals surface area contributed by atoms with Gasteiger partial charge in [0.15, 0.2) is 11.7 Å². The number of rotatable bonds is 8. The summed E-state index contributed by atoms with van der Waals surface area (Å²) >= 11 is 0. The largest absolute Gasteiger partial charge is 0.512 e. The monoisotopic (exact) mass is 816 g/mol. The van der Waals surface area contributed by atoms with Crippen LogP contribution in [0, 0.1) is 29.6 Å². The first-order valence-electron chi connectivity index (χ1n) is 16.4. The van der Waals surface area contributed by atoms with Crippen molar-refractivity contribution < 1.29 is 38.8 Å². The van der Waals surface area contributed by atoms with Crippen LogP contribution in [0.2, 0.25) is 0 Å². The number of carbonyl (C=O) groups is 1. The molecule has 0 aliphatic heterocycles. The Hall–Kier alpha value is -3.41. The molecule has 0 atom stereocenters. The molecule has 7 heteroatoms. The molecule has 2 aromatic heterocycles. The number of hydrogen-bond donors (Lipinski definition) is 1. The molecule has 253 valence electrons. The van der Waals surface area contributed by atoms with E-state index in [1.54, 1.807) is 12.3 Å². The number of aryl methyl sites for hydroxylation is 1. The number of oxazole rings is 1. The van der Waals surface area contributed by atoms with Gasteiger partial charge in [0.05, 0.1) is 5.58 Å². The number of aliphatic hydroxyl groups is 1. The Bertz CT molecular complexity index is 1910. The summed E-state index contributed by atoms with van der Waals surface area (Å²) in [5, 5.41) is 13.5. The van der Waals surface area contributed by atoms with E-state index in [4.69, 9.17) is 4.42 Å². The van der Waals surface area contributed by atoms with Crippen molar-refractivity contribution in [3.63, 3.8) is 0 Å². The third-order valence-corrected chi connectivity index (χ3v) is 9.94. The van der Waals surface area contributed by atoms with E-state index in [9.17, 15) is 14.3 Å². The molecule has 1 radical (unpaired) electrons. The van der Waals surface area contributed by atoms with E-state index in [-0.39, 0.29) is 53.7 Å². The van der Waals surface area contributed by atoms with E-state index in [1.165, 1.54) is 12.1 Å². The molecule has 5 aromatic rings. The fourth-order valence-corrected chi connectivity index (χ4v) is 5.65. The van der Waals surface area contributed by atoms with E-state index in [0.29, 0.717) is 16.9 Å². The number of nitrogens with zero attached hydrogens (tertiary/aromatic N) is 2. The van der Waals surface area contributed by atoms with Crippen molar-refractivity contribution in [2.24, 2.45) is 10.8 Å². The van der Waals surface area contributed by atoms with Gasteiger partial charge in [0.2, 0.25) is 0 Å². The van der Waals surface area contributed by atoms with Crippen LogP contribution in [-0.4, -0.2) is 20.9 Å². The first-order chi connectivity index (χ1) is 21.6. The zero-order valence-electron chi connectivity index (χ0n) is 29.4. The molecule has 2 heterocycles. The Balaban J connectivity index is 0.000000290. The molecule has 0 unspecified atom stereocenters. The van der Waals surface area contributed by atoms with Gasteiger partial charge in [0, 0.05) is 61.0 Å². The van der Waals surface area contributed by atoms with Crippen LogP contribution >= 0.6 is 0 Å². The molecule has 0 fully saturated rings. The second kappa shape index (κ2) is 14.8. The van der Waals surface area contributed by atoms with Gasteiger partial charge in [-0.15, -0.1) is 11.6 Å². The average Bonchev–Trinajstić information content (AvgIpc) is 3.42. The Kier molecular flexibility index (Phi) is 12.0. The molecular formula is C40H48FIrN2O3-. The smallest absolute Gasteiger partial charge is 0.180 e. The van der Waals surface area contributed by atoms with Gasteiger partial charge in [-0.05, 0) is 65.1 Å². The molecule has 0 saturated carbocycles. The zero-order valence-corrected chi connectivity index (χ0v) is 31.8. The van der Waals surface area contributed by atoms with Crippen LogP contribution in [-0.2, 0) is 30.3 Å². The first kappa shape index (κ1) is 38.0. The standard InChI is InChI=1S/C25H20FN2O.C15H28O2.Ir/c1-14-28-24-20(25(2,3)4)12-15(13-22(24)29-14)23-19-9-8-18-16(6-5-7-21(18)26)17(19)10-11-27-23;1-7-14(5,8-2)12(16)11-13(17)15(6,9-3)10-4;/h5-12H,1-4H3;11,16H,7-10H2,1-6H3;/q-1;;/b;12-11-;. The van der Waals surface area contributed by atoms with E-state index < -0.39 is 0 Å². The molecule has 1 N–H and O–H groups in total. The van der Waals surface area contributed by atoms with Gasteiger partial charge < -0.3 is 14.5 Å². The quantitative estimate of drug-likeness (QED) is 0.0731. The molecule has 3 aromatic carbocycles. The molecule has 0 amide bonds. The minimum Gasteiger partial charge on any atom is -0.512 e. The first-order valence-corrected chi connectivity index (χ1v) is 16.4. The van der Waals surface area contributed by atoms with Crippen molar-refractivity contribution in [2.75, 3.05) is 0 Å². The molecule has 0 spiro atoms. The second-order valence-corrected chi connectivity index (χ2v) is 13.8. The fraction of sp³-hybridized carbons (Fsp3) is 0.425. The van der Waals surface area contributed by atoms with Crippen LogP contribution in [0.25, 0.3) is 43.9 Å². The molecule has 5 rings (SSSR count). The Morgan fingerprint density at radius 1 is 0.894 bits per heavy atom. The van der Waals surface area contributed by atoms with Crippen LogP contribution in [0.4, 0.5) is 4.39 Å². The maximum absolute atomic E-state index is 14.3. The molecule has 0 aliphatic rings. The average molecular weight is 816 g/mol. The number of ketones is 1. The van der Waals surface area contributed by atoms with Crippen molar-refractivity contribution in [1.82, 2.24) is 9.97 Å². The van der Waals surface area contributed by atoms with Gasteiger partial charge in [-0.25, -0.2) is 4.39 Å². The van der Waals surface area contributed by atoms with Gasteiger partial charge in [-0.3, -0.25) is 9.78 Å². The number of allylic oxidation sites excluding steroid dienone is 2. The third-order valence-electron chi connectivity index (χ3n) is 9.94. The molecule has 5 nitrogen and oxygen atoms in total. The minimum absolute atomic E-state index is 0. The summed E-state index contributed by atoms with van der Waals surface area (Å²) in [6.45, 7) is 20.4. The van der Waals surface area contributed by atoms with E-state index >= 15 is 0 Å². The van der Waals surface area contributed by atoms with E-state index in [2.05, 4.69) is 42.9 Å². The number of aliphatic hydroxyl groups excluding tert-OH is 1. The molecule has 0 saturated heterocycles. The topological polar surface area (TPSA) is 76.2 Å². The molecule has 0 aliphatic carbocycles. The van der Waals surface area contributed by atoms with Gasteiger partial charge in [0.1, 0.15) is 11.6 Å². The summed E-state index contributed by atoms with van der Waals surface area (Å²) in [4.78, 5) is 21.4. The van der Waals surface area contributed by atoms with Gasteiger partial charge in [-0.2, -0.15) is 0 Å². The van der Waals surface area contributed by atoms with Crippen molar-refractivity contribution in [2.45, 2.75) is 100 Å². The number of carbonyl (C=O) groups excluding carboxylic acids is 1. The van der Waals surface area contributed by atoms with Crippen molar-refractivity contribution in [1.29, 1.82) is 0 Å². The number of benzene rings is 3. The number of fused-ring (bicyclic) bond motifs is 4.